The first kappa shape index (κ1) is 22.7. The van der Waals surface area contributed by atoms with Gasteiger partial charge in [0.15, 0.2) is 0 Å². The van der Waals surface area contributed by atoms with Crippen LogP contribution in [0.3, 0.4) is 0 Å². The van der Waals surface area contributed by atoms with Crippen molar-refractivity contribution in [1.82, 2.24) is 25.0 Å². The second-order valence-corrected chi connectivity index (χ2v) is 9.73. The van der Waals surface area contributed by atoms with Crippen molar-refractivity contribution < 1.29 is 14.4 Å². The number of urea groups is 1. The average molecular weight is 442 g/mol. The molecule has 2 saturated heterocycles. The summed E-state index contributed by atoms with van der Waals surface area (Å²) < 4.78 is 0. The molecule has 3 heterocycles. The first-order valence-corrected chi connectivity index (χ1v) is 11.9. The lowest BCUT2D eigenvalue weighted by molar-refractivity contribution is -0.140. The fourth-order valence-electron chi connectivity index (χ4n) is 5.21. The molecule has 1 aromatic heterocycles. The van der Waals surface area contributed by atoms with Crippen LogP contribution in [0.25, 0.3) is 0 Å². The molecule has 3 aliphatic rings. The number of aromatic nitrogens is 1. The molecule has 1 N–H and O–H groups in total. The number of carbonyl (C=O) groups excluding carboxylic acids is 3. The maximum absolute atomic E-state index is 13.0. The van der Waals surface area contributed by atoms with E-state index < -0.39 is 11.6 Å². The molecule has 4 amide bonds. The molecule has 1 saturated carbocycles. The number of piperidine rings is 1. The summed E-state index contributed by atoms with van der Waals surface area (Å²) in [6.45, 7) is 4.83. The van der Waals surface area contributed by atoms with Crippen molar-refractivity contribution in [3.8, 4) is 0 Å². The highest BCUT2D eigenvalue weighted by Crippen LogP contribution is 2.36. The first-order chi connectivity index (χ1) is 15.4. The zero-order valence-corrected chi connectivity index (χ0v) is 19.3. The number of likely N-dealkylation sites (tertiary alicyclic amines) is 1. The van der Waals surface area contributed by atoms with Gasteiger partial charge in [-0.05, 0) is 56.6 Å². The standard InChI is InChI=1S/C24H35N5O3/c1-18-6-11-24(12-7-18)22(31)29(23(32)26-24)17-21(30)27(2)20-9-15-28(16-10-20)14-8-19-5-3-4-13-25-19/h3-5,13,18,20H,6-12,14-17H2,1-2H3,(H,26,32). The number of pyridine rings is 1. The SMILES string of the molecule is CC1CCC2(CC1)NC(=O)N(CC(=O)N(C)C1CCN(CCc3ccccn3)CC1)C2=O. The number of carbonyl (C=O) groups is 3. The van der Waals surface area contributed by atoms with E-state index in [0.717, 1.165) is 62.3 Å². The largest absolute Gasteiger partial charge is 0.341 e. The molecular weight excluding hydrogens is 406 g/mol. The van der Waals surface area contributed by atoms with Gasteiger partial charge >= 0.3 is 6.03 Å². The Hall–Kier alpha value is -2.48. The van der Waals surface area contributed by atoms with Gasteiger partial charge < -0.3 is 15.1 Å². The van der Waals surface area contributed by atoms with E-state index in [1.165, 1.54) is 0 Å². The van der Waals surface area contributed by atoms with E-state index >= 15 is 0 Å². The third-order valence-corrected chi connectivity index (χ3v) is 7.58. The van der Waals surface area contributed by atoms with Gasteiger partial charge in [-0.15, -0.1) is 0 Å². The molecule has 1 aromatic rings. The molecule has 0 unspecified atom stereocenters. The van der Waals surface area contributed by atoms with Crippen LogP contribution in [0.1, 0.15) is 51.1 Å². The monoisotopic (exact) mass is 441 g/mol. The molecule has 1 spiro atoms. The molecule has 3 fully saturated rings. The lowest BCUT2D eigenvalue weighted by Crippen LogP contribution is -2.51. The predicted octanol–water partition coefficient (Wildman–Crippen LogP) is 2.05. The number of amides is 4. The molecule has 32 heavy (non-hydrogen) atoms. The smallest absolute Gasteiger partial charge is 0.325 e. The van der Waals surface area contributed by atoms with Crippen molar-refractivity contribution in [3.05, 3.63) is 30.1 Å². The minimum Gasteiger partial charge on any atom is -0.341 e. The first-order valence-electron chi connectivity index (χ1n) is 11.9. The van der Waals surface area contributed by atoms with E-state index in [0.29, 0.717) is 18.8 Å². The molecule has 0 aromatic carbocycles. The molecule has 174 valence electrons. The molecule has 1 aliphatic carbocycles. The van der Waals surface area contributed by atoms with E-state index in [2.05, 4.69) is 22.1 Å². The molecule has 2 aliphatic heterocycles. The van der Waals surface area contributed by atoms with Crippen LogP contribution in [-0.4, -0.2) is 82.3 Å². The quantitative estimate of drug-likeness (QED) is 0.683. The van der Waals surface area contributed by atoms with Crippen LogP contribution in [0.5, 0.6) is 0 Å². The topological polar surface area (TPSA) is 85.8 Å². The molecule has 8 heteroatoms. The zero-order chi connectivity index (χ0) is 22.7. The summed E-state index contributed by atoms with van der Waals surface area (Å²) in [5.41, 5.74) is 0.308. The number of nitrogens with one attached hydrogen (secondary N) is 1. The van der Waals surface area contributed by atoms with Gasteiger partial charge in [-0.25, -0.2) is 4.79 Å². The van der Waals surface area contributed by atoms with Gasteiger partial charge in [-0.3, -0.25) is 19.5 Å². The summed E-state index contributed by atoms with van der Waals surface area (Å²) in [7, 11) is 1.80. The highest BCUT2D eigenvalue weighted by Gasteiger charge is 2.52. The second-order valence-electron chi connectivity index (χ2n) is 9.73. The lowest BCUT2D eigenvalue weighted by Gasteiger charge is -2.37. The van der Waals surface area contributed by atoms with Crippen LogP contribution < -0.4 is 5.32 Å². The van der Waals surface area contributed by atoms with E-state index in [1.807, 2.05) is 24.4 Å². The third kappa shape index (κ3) is 4.80. The van der Waals surface area contributed by atoms with Crippen molar-refractivity contribution in [1.29, 1.82) is 0 Å². The van der Waals surface area contributed by atoms with Crippen molar-refractivity contribution in [2.24, 2.45) is 5.92 Å². The number of nitrogens with zero attached hydrogens (tertiary/aromatic N) is 4. The number of likely N-dealkylation sites (N-methyl/N-ethyl adjacent to an activating group) is 1. The van der Waals surface area contributed by atoms with Gasteiger partial charge in [-0.1, -0.05) is 13.0 Å². The molecule has 8 nitrogen and oxygen atoms in total. The van der Waals surface area contributed by atoms with Crippen molar-refractivity contribution >= 4 is 17.8 Å². The van der Waals surface area contributed by atoms with E-state index in [-0.39, 0.29) is 24.4 Å². The Labute approximate surface area is 190 Å². The van der Waals surface area contributed by atoms with Gasteiger partial charge in [0.2, 0.25) is 5.91 Å². The number of imide groups is 1. The van der Waals surface area contributed by atoms with Crippen LogP contribution in [-0.2, 0) is 16.0 Å². The highest BCUT2D eigenvalue weighted by atomic mass is 16.2. The molecule has 4 rings (SSSR count). The fourth-order valence-corrected chi connectivity index (χ4v) is 5.21. The van der Waals surface area contributed by atoms with Crippen LogP contribution in [0.15, 0.2) is 24.4 Å². The maximum atomic E-state index is 13.0. The Morgan fingerprint density at radius 1 is 1.19 bits per heavy atom. The summed E-state index contributed by atoms with van der Waals surface area (Å²) in [5, 5.41) is 2.90. The Kier molecular flexibility index (Phi) is 6.79. The molecule has 0 atom stereocenters. The van der Waals surface area contributed by atoms with Gasteiger partial charge in [0.1, 0.15) is 12.1 Å². The number of hydrogen-bond donors (Lipinski definition) is 1. The molecule has 0 radical (unpaired) electrons. The van der Waals surface area contributed by atoms with Crippen molar-refractivity contribution in [2.45, 2.75) is 63.5 Å². The fraction of sp³-hybridized carbons (Fsp3) is 0.667. The van der Waals surface area contributed by atoms with Gasteiger partial charge in [0, 0.05) is 51.0 Å². The maximum Gasteiger partial charge on any atom is 0.325 e. The lowest BCUT2D eigenvalue weighted by atomic mass is 9.77. The van der Waals surface area contributed by atoms with Crippen molar-refractivity contribution in [2.75, 3.05) is 33.2 Å². The van der Waals surface area contributed by atoms with Gasteiger partial charge in [-0.2, -0.15) is 0 Å². The van der Waals surface area contributed by atoms with Crippen LogP contribution in [0.2, 0.25) is 0 Å². The Bertz CT molecular complexity index is 829. The normalized spacial score (nSPS) is 27.1. The number of rotatable bonds is 6. The predicted molar refractivity (Wildman–Crippen MR) is 121 cm³/mol. The second kappa shape index (κ2) is 9.57. The minimum absolute atomic E-state index is 0.138. The van der Waals surface area contributed by atoms with Crippen LogP contribution in [0, 0.1) is 5.92 Å². The summed E-state index contributed by atoms with van der Waals surface area (Å²) in [4.78, 5) is 48.1. The Morgan fingerprint density at radius 2 is 1.91 bits per heavy atom. The summed E-state index contributed by atoms with van der Waals surface area (Å²) in [6.07, 6.45) is 7.71. The Morgan fingerprint density at radius 3 is 2.56 bits per heavy atom. The highest BCUT2D eigenvalue weighted by molar-refractivity contribution is 6.09. The van der Waals surface area contributed by atoms with Crippen LogP contribution >= 0.6 is 0 Å². The summed E-state index contributed by atoms with van der Waals surface area (Å²) in [5.74, 6) is 0.184. The van der Waals surface area contributed by atoms with Crippen molar-refractivity contribution in [3.63, 3.8) is 0 Å². The van der Waals surface area contributed by atoms with Gasteiger partial charge in [0.05, 0.1) is 0 Å². The van der Waals surface area contributed by atoms with Gasteiger partial charge in [0.25, 0.3) is 5.91 Å². The van der Waals surface area contributed by atoms with E-state index in [9.17, 15) is 14.4 Å². The molecular formula is C24H35N5O3. The van der Waals surface area contributed by atoms with Crippen LogP contribution in [0.4, 0.5) is 4.79 Å². The third-order valence-electron chi connectivity index (χ3n) is 7.58. The molecule has 0 bridgehead atoms. The zero-order valence-electron chi connectivity index (χ0n) is 19.3. The summed E-state index contributed by atoms with van der Waals surface area (Å²) >= 11 is 0. The van der Waals surface area contributed by atoms with E-state index in [1.54, 1.807) is 11.9 Å². The minimum atomic E-state index is -0.790. The summed E-state index contributed by atoms with van der Waals surface area (Å²) in [6, 6.07) is 5.70. The van der Waals surface area contributed by atoms with E-state index in [4.69, 9.17) is 0 Å². The Balaban J connectivity index is 1.25. The average Bonchev–Trinajstić information content (AvgIpc) is 3.04. The number of hydrogen-bond acceptors (Lipinski definition) is 5.